The molecule has 0 bridgehead atoms. The van der Waals surface area contributed by atoms with Gasteiger partial charge in [-0.05, 0) is 29.8 Å². The van der Waals surface area contributed by atoms with Crippen LogP contribution in [0, 0.1) is 5.82 Å². The van der Waals surface area contributed by atoms with E-state index >= 15 is 0 Å². The van der Waals surface area contributed by atoms with Crippen molar-refractivity contribution in [2.24, 2.45) is 5.73 Å². The summed E-state index contributed by atoms with van der Waals surface area (Å²) in [5.41, 5.74) is 7.18. The van der Waals surface area contributed by atoms with Crippen LogP contribution < -0.4 is 10.5 Å². The smallest absolute Gasteiger partial charge is 0.132 e. The molecule has 0 saturated carbocycles. The highest BCUT2D eigenvalue weighted by molar-refractivity contribution is 8.00. The lowest BCUT2D eigenvalue weighted by molar-refractivity contribution is 0.404. The Morgan fingerprint density at radius 2 is 1.75 bits per heavy atom. The molecule has 0 aliphatic rings. The summed E-state index contributed by atoms with van der Waals surface area (Å²) in [5, 5.41) is 0.150. The van der Waals surface area contributed by atoms with Gasteiger partial charge >= 0.3 is 0 Å². The molecule has 2 unspecified atom stereocenters. The van der Waals surface area contributed by atoms with E-state index in [-0.39, 0.29) is 17.1 Å². The van der Waals surface area contributed by atoms with Gasteiger partial charge in [0.1, 0.15) is 11.6 Å². The summed E-state index contributed by atoms with van der Waals surface area (Å²) in [5.74, 6) is 0.599. The van der Waals surface area contributed by atoms with Gasteiger partial charge in [-0.15, -0.1) is 11.8 Å². The molecule has 0 aliphatic carbocycles. The van der Waals surface area contributed by atoms with Crippen LogP contribution in [-0.4, -0.2) is 12.4 Å². The molecule has 2 aromatic rings. The normalized spacial score (nSPS) is 13.8. The van der Waals surface area contributed by atoms with Crippen molar-refractivity contribution in [1.29, 1.82) is 0 Å². The van der Waals surface area contributed by atoms with Gasteiger partial charge in [0.25, 0.3) is 0 Å². The number of hydrogen-bond acceptors (Lipinski definition) is 3. The first kappa shape index (κ1) is 14.9. The monoisotopic (exact) mass is 291 g/mol. The van der Waals surface area contributed by atoms with E-state index in [0.717, 1.165) is 16.2 Å². The van der Waals surface area contributed by atoms with Gasteiger partial charge in [0.15, 0.2) is 0 Å². The molecule has 2 nitrogen and oxygen atoms in total. The van der Waals surface area contributed by atoms with Crippen LogP contribution >= 0.6 is 11.8 Å². The molecular weight excluding hydrogens is 273 g/mol. The van der Waals surface area contributed by atoms with Crippen molar-refractivity contribution in [3.63, 3.8) is 0 Å². The Balaban J connectivity index is 2.11. The van der Waals surface area contributed by atoms with Crippen molar-refractivity contribution in [3.8, 4) is 5.75 Å². The molecule has 0 spiro atoms. The molecule has 0 aromatic heterocycles. The topological polar surface area (TPSA) is 35.2 Å². The van der Waals surface area contributed by atoms with Gasteiger partial charge in [-0.3, -0.25) is 0 Å². The maximum atomic E-state index is 12.9. The van der Waals surface area contributed by atoms with Gasteiger partial charge < -0.3 is 10.5 Å². The second kappa shape index (κ2) is 6.77. The molecular formula is C16H18FNOS. The van der Waals surface area contributed by atoms with Gasteiger partial charge in [-0.25, -0.2) is 4.39 Å². The SMILES string of the molecule is COc1ccccc1SC(C)C(N)c1ccc(F)cc1. The fourth-order valence-corrected chi connectivity index (χ4v) is 3.07. The summed E-state index contributed by atoms with van der Waals surface area (Å²) in [6.45, 7) is 2.06. The van der Waals surface area contributed by atoms with Crippen molar-refractivity contribution < 1.29 is 9.13 Å². The predicted octanol–water partition coefficient (Wildman–Crippen LogP) is 4.01. The van der Waals surface area contributed by atoms with Gasteiger partial charge in [0.05, 0.1) is 7.11 Å². The molecule has 20 heavy (non-hydrogen) atoms. The molecule has 2 aromatic carbocycles. The highest BCUT2D eigenvalue weighted by atomic mass is 32.2. The zero-order valence-electron chi connectivity index (χ0n) is 11.5. The average molecular weight is 291 g/mol. The highest BCUT2D eigenvalue weighted by Crippen LogP contribution is 2.35. The van der Waals surface area contributed by atoms with E-state index in [4.69, 9.17) is 10.5 Å². The number of benzene rings is 2. The molecule has 0 fully saturated rings. The Morgan fingerprint density at radius 1 is 1.10 bits per heavy atom. The van der Waals surface area contributed by atoms with Gasteiger partial charge in [-0.2, -0.15) is 0 Å². The first-order chi connectivity index (χ1) is 9.61. The molecule has 0 heterocycles. The number of methoxy groups -OCH3 is 1. The zero-order valence-corrected chi connectivity index (χ0v) is 12.4. The molecule has 2 atom stereocenters. The number of ether oxygens (including phenoxy) is 1. The van der Waals surface area contributed by atoms with Crippen LogP contribution in [0.25, 0.3) is 0 Å². The second-order valence-corrected chi connectivity index (χ2v) is 5.97. The molecule has 0 amide bonds. The van der Waals surface area contributed by atoms with E-state index in [1.54, 1.807) is 31.0 Å². The fourth-order valence-electron chi connectivity index (χ4n) is 1.95. The van der Waals surface area contributed by atoms with Crippen molar-refractivity contribution >= 4 is 11.8 Å². The Bertz CT molecular complexity index is 559. The number of halogens is 1. The third-order valence-electron chi connectivity index (χ3n) is 3.14. The van der Waals surface area contributed by atoms with Crippen molar-refractivity contribution in [2.75, 3.05) is 7.11 Å². The maximum Gasteiger partial charge on any atom is 0.132 e. The number of para-hydroxylation sites is 1. The van der Waals surface area contributed by atoms with Crippen LogP contribution in [0.15, 0.2) is 53.4 Å². The molecule has 2 N–H and O–H groups in total. The first-order valence-corrected chi connectivity index (χ1v) is 7.30. The molecule has 106 valence electrons. The molecule has 4 heteroatoms. The number of thioether (sulfide) groups is 1. The summed E-state index contributed by atoms with van der Waals surface area (Å²) in [4.78, 5) is 1.06. The van der Waals surface area contributed by atoms with Gasteiger partial charge in [0.2, 0.25) is 0 Å². The van der Waals surface area contributed by atoms with E-state index in [9.17, 15) is 4.39 Å². The standard InChI is InChI=1S/C16H18FNOS/c1-11(16(18)12-7-9-13(17)10-8-12)20-15-6-4-3-5-14(15)19-2/h3-11,16H,18H2,1-2H3. The average Bonchev–Trinajstić information content (AvgIpc) is 2.48. The minimum absolute atomic E-state index is 0.150. The van der Waals surface area contributed by atoms with Crippen LogP contribution in [0.3, 0.4) is 0 Å². The number of hydrogen-bond donors (Lipinski definition) is 1. The van der Waals surface area contributed by atoms with Crippen molar-refractivity contribution in [3.05, 3.63) is 59.9 Å². The number of nitrogens with two attached hydrogens (primary N) is 1. The molecule has 2 rings (SSSR count). The van der Waals surface area contributed by atoms with Crippen molar-refractivity contribution in [2.45, 2.75) is 23.1 Å². The van der Waals surface area contributed by atoms with E-state index in [2.05, 4.69) is 6.92 Å². The Hall–Kier alpha value is -1.52. The van der Waals surface area contributed by atoms with Crippen LogP contribution in [0.2, 0.25) is 0 Å². The minimum Gasteiger partial charge on any atom is -0.496 e. The second-order valence-electron chi connectivity index (χ2n) is 4.55. The van der Waals surface area contributed by atoms with Gasteiger partial charge in [0, 0.05) is 16.2 Å². The fraction of sp³-hybridized carbons (Fsp3) is 0.250. The largest absolute Gasteiger partial charge is 0.496 e. The predicted molar refractivity (Wildman–Crippen MR) is 81.6 cm³/mol. The Morgan fingerprint density at radius 3 is 2.40 bits per heavy atom. The third-order valence-corrected chi connectivity index (χ3v) is 4.40. The van der Waals surface area contributed by atoms with Crippen molar-refractivity contribution in [1.82, 2.24) is 0 Å². The summed E-state index contributed by atoms with van der Waals surface area (Å²) in [6.07, 6.45) is 0. The Kier molecular flexibility index (Phi) is 5.04. The number of rotatable bonds is 5. The maximum absolute atomic E-state index is 12.9. The van der Waals surface area contributed by atoms with E-state index in [1.165, 1.54) is 12.1 Å². The van der Waals surface area contributed by atoms with E-state index < -0.39 is 0 Å². The molecule has 0 aliphatic heterocycles. The van der Waals surface area contributed by atoms with Crippen LogP contribution in [0.4, 0.5) is 4.39 Å². The van der Waals surface area contributed by atoms with Crippen LogP contribution in [-0.2, 0) is 0 Å². The highest BCUT2D eigenvalue weighted by Gasteiger charge is 2.17. The molecule has 0 saturated heterocycles. The summed E-state index contributed by atoms with van der Waals surface area (Å²) in [6, 6.07) is 14.0. The lowest BCUT2D eigenvalue weighted by Crippen LogP contribution is -2.21. The lowest BCUT2D eigenvalue weighted by atomic mass is 10.1. The zero-order chi connectivity index (χ0) is 14.5. The summed E-state index contributed by atoms with van der Waals surface area (Å²) < 4.78 is 18.3. The summed E-state index contributed by atoms with van der Waals surface area (Å²) >= 11 is 1.66. The quantitative estimate of drug-likeness (QED) is 0.845. The minimum atomic E-state index is -0.244. The lowest BCUT2D eigenvalue weighted by Gasteiger charge is -2.20. The van der Waals surface area contributed by atoms with E-state index in [0.29, 0.717) is 0 Å². The van der Waals surface area contributed by atoms with E-state index in [1.807, 2.05) is 24.3 Å². The van der Waals surface area contributed by atoms with Crippen LogP contribution in [0.5, 0.6) is 5.75 Å². The first-order valence-electron chi connectivity index (χ1n) is 6.42. The third kappa shape index (κ3) is 3.52. The molecule has 0 radical (unpaired) electrons. The Labute approximate surface area is 123 Å². The van der Waals surface area contributed by atoms with Gasteiger partial charge in [-0.1, -0.05) is 31.2 Å². The van der Waals surface area contributed by atoms with Crippen LogP contribution in [0.1, 0.15) is 18.5 Å². The summed E-state index contributed by atoms with van der Waals surface area (Å²) in [7, 11) is 1.66.